The van der Waals surface area contributed by atoms with Crippen LogP contribution in [-0.4, -0.2) is 31.4 Å². The van der Waals surface area contributed by atoms with Gasteiger partial charge in [0.05, 0.1) is 22.6 Å². The lowest BCUT2D eigenvalue weighted by molar-refractivity contribution is -0.384. The lowest BCUT2D eigenvalue weighted by atomic mass is 9.93. The number of amides is 2. The molecule has 1 aromatic rings. The van der Waals surface area contributed by atoms with Crippen LogP contribution in [0.1, 0.15) is 25.7 Å². The zero-order valence-electron chi connectivity index (χ0n) is 13.6. The molecule has 0 radical (unpaired) electrons. The summed E-state index contributed by atoms with van der Waals surface area (Å²) in [5.41, 5.74) is -0.167. The van der Waals surface area contributed by atoms with E-state index < -0.39 is 32.4 Å². The zero-order valence-corrected chi connectivity index (χ0v) is 15.2. The molecule has 2 amide bonds. The Morgan fingerprint density at radius 1 is 1.15 bits per heavy atom. The highest BCUT2D eigenvalue weighted by atomic mass is 35.5. The van der Waals surface area contributed by atoms with Crippen LogP contribution >= 0.6 is 11.6 Å². The highest BCUT2D eigenvalue weighted by Crippen LogP contribution is 2.42. The highest BCUT2D eigenvalue weighted by Gasteiger charge is 2.41. The van der Waals surface area contributed by atoms with Crippen molar-refractivity contribution in [2.45, 2.75) is 25.7 Å². The highest BCUT2D eigenvalue weighted by molar-refractivity contribution is 7.92. The van der Waals surface area contributed by atoms with Gasteiger partial charge in [0.1, 0.15) is 5.02 Å². The number of anilines is 2. The standard InChI is InChI=1S/C15H14ClN3O6S/c1-26(24,25)17-11-6-10(16)12(19(22)23)7-13(11)18-14(20)8-4-2-3-5-9(8)15(18)21/h6-7,17H,2-5H2,1H3. The minimum absolute atomic E-state index is 0.176. The summed E-state index contributed by atoms with van der Waals surface area (Å²) in [5, 5.41) is 10.9. The van der Waals surface area contributed by atoms with Crippen LogP contribution in [0.4, 0.5) is 17.1 Å². The Bertz CT molecular complexity index is 957. The van der Waals surface area contributed by atoms with Crippen LogP contribution < -0.4 is 9.62 Å². The normalized spacial score (nSPS) is 17.5. The molecule has 1 heterocycles. The van der Waals surface area contributed by atoms with Crippen molar-refractivity contribution >= 4 is 50.5 Å². The molecule has 1 N–H and O–H groups in total. The molecule has 2 aliphatic rings. The Morgan fingerprint density at radius 3 is 2.15 bits per heavy atom. The Kier molecular flexibility index (Phi) is 4.49. The van der Waals surface area contributed by atoms with Crippen molar-refractivity contribution in [3.05, 3.63) is 38.4 Å². The van der Waals surface area contributed by atoms with Crippen molar-refractivity contribution < 1.29 is 22.9 Å². The first-order valence-electron chi connectivity index (χ1n) is 7.66. The predicted octanol–water partition coefficient (Wildman–Crippen LogP) is 2.36. The van der Waals surface area contributed by atoms with Crippen molar-refractivity contribution in [2.24, 2.45) is 0 Å². The van der Waals surface area contributed by atoms with E-state index in [1.165, 1.54) is 0 Å². The molecule has 9 nitrogen and oxygen atoms in total. The molecule has 26 heavy (non-hydrogen) atoms. The van der Waals surface area contributed by atoms with Crippen LogP contribution in [0.15, 0.2) is 23.3 Å². The number of nitro groups is 1. The van der Waals surface area contributed by atoms with E-state index in [0.29, 0.717) is 24.0 Å². The summed E-state index contributed by atoms with van der Waals surface area (Å²) < 4.78 is 25.4. The molecule has 0 unspecified atom stereocenters. The molecular weight excluding hydrogens is 386 g/mol. The summed E-state index contributed by atoms with van der Waals surface area (Å²) in [6.07, 6.45) is 3.30. The van der Waals surface area contributed by atoms with Gasteiger partial charge in [-0.25, -0.2) is 13.3 Å². The fourth-order valence-electron chi connectivity index (χ4n) is 3.12. The molecule has 1 aliphatic heterocycles. The molecule has 0 aromatic heterocycles. The summed E-state index contributed by atoms with van der Waals surface area (Å²) in [6.45, 7) is 0. The van der Waals surface area contributed by atoms with Crippen molar-refractivity contribution in [2.75, 3.05) is 15.9 Å². The maximum Gasteiger partial charge on any atom is 0.290 e. The van der Waals surface area contributed by atoms with Gasteiger partial charge >= 0.3 is 0 Å². The average Bonchev–Trinajstić information content (AvgIpc) is 2.78. The summed E-state index contributed by atoms with van der Waals surface area (Å²) in [7, 11) is -3.78. The second-order valence-corrected chi connectivity index (χ2v) is 8.22. The first-order valence-corrected chi connectivity index (χ1v) is 9.93. The molecule has 0 atom stereocenters. The summed E-state index contributed by atoms with van der Waals surface area (Å²) in [4.78, 5) is 36.6. The quantitative estimate of drug-likeness (QED) is 0.470. The van der Waals surface area contributed by atoms with Gasteiger partial charge in [-0.3, -0.25) is 24.4 Å². The summed E-state index contributed by atoms with van der Waals surface area (Å²) in [6, 6.07) is 1.96. The average molecular weight is 400 g/mol. The number of halogens is 1. The number of nitro benzene ring substituents is 1. The third kappa shape index (κ3) is 3.17. The number of rotatable bonds is 4. The predicted molar refractivity (Wildman–Crippen MR) is 94.6 cm³/mol. The third-order valence-electron chi connectivity index (χ3n) is 4.19. The fraction of sp³-hybridized carbons (Fsp3) is 0.333. The van der Waals surface area contributed by atoms with Crippen LogP contribution in [0, 0.1) is 10.1 Å². The van der Waals surface area contributed by atoms with Crippen molar-refractivity contribution in [1.29, 1.82) is 0 Å². The molecule has 11 heteroatoms. The monoisotopic (exact) mass is 399 g/mol. The van der Waals surface area contributed by atoms with Gasteiger partial charge in [-0.15, -0.1) is 0 Å². The lowest BCUT2D eigenvalue weighted by Gasteiger charge is -2.19. The first kappa shape index (κ1) is 18.3. The zero-order chi connectivity index (χ0) is 19.2. The minimum Gasteiger partial charge on any atom is -0.282 e. The van der Waals surface area contributed by atoms with Gasteiger partial charge in [0.25, 0.3) is 17.5 Å². The molecule has 0 spiro atoms. The van der Waals surface area contributed by atoms with E-state index in [0.717, 1.165) is 36.1 Å². The van der Waals surface area contributed by atoms with Crippen LogP contribution in [0.25, 0.3) is 0 Å². The van der Waals surface area contributed by atoms with Crippen LogP contribution in [0.2, 0.25) is 5.02 Å². The molecule has 1 aromatic carbocycles. The third-order valence-corrected chi connectivity index (χ3v) is 5.08. The second-order valence-electron chi connectivity index (χ2n) is 6.06. The number of carbonyl (C=O) groups excluding carboxylic acids is 2. The Balaban J connectivity index is 2.17. The van der Waals surface area contributed by atoms with E-state index in [1.54, 1.807) is 0 Å². The van der Waals surface area contributed by atoms with Crippen LogP contribution in [0.3, 0.4) is 0 Å². The number of sulfonamides is 1. The largest absolute Gasteiger partial charge is 0.290 e. The van der Waals surface area contributed by atoms with Gasteiger partial charge in [0.2, 0.25) is 10.0 Å². The Morgan fingerprint density at radius 2 is 1.69 bits per heavy atom. The first-order chi connectivity index (χ1) is 12.1. The van der Waals surface area contributed by atoms with Gasteiger partial charge in [-0.2, -0.15) is 0 Å². The molecule has 138 valence electrons. The maximum atomic E-state index is 12.7. The molecular formula is C15H14ClN3O6S. The Hall–Kier alpha value is -2.46. The number of carbonyl (C=O) groups is 2. The number of benzene rings is 1. The van der Waals surface area contributed by atoms with E-state index in [2.05, 4.69) is 4.72 Å². The molecule has 3 rings (SSSR count). The summed E-state index contributed by atoms with van der Waals surface area (Å²) >= 11 is 5.85. The van der Waals surface area contributed by atoms with E-state index in [-0.39, 0.29) is 16.4 Å². The second kappa shape index (κ2) is 6.36. The van der Waals surface area contributed by atoms with Crippen molar-refractivity contribution in [3.63, 3.8) is 0 Å². The van der Waals surface area contributed by atoms with Crippen molar-refractivity contribution in [1.82, 2.24) is 0 Å². The van der Waals surface area contributed by atoms with Gasteiger partial charge in [-0.1, -0.05) is 11.6 Å². The van der Waals surface area contributed by atoms with Crippen LogP contribution in [-0.2, 0) is 19.6 Å². The number of nitrogens with zero attached hydrogens (tertiary/aromatic N) is 2. The lowest BCUT2D eigenvalue weighted by Crippen LogP contribution is -2.32. The smallest absolute Gasteiger partial charge is 0.282 e. The molecule has 1 aliphatic carbocycles. The van der Waals surface area contributed by atoms with Gasteiger partial charge in [-0.05, 0) is 31.7 Å². The van der Waals surface area contributed by atoms with Gasteiger partial charge in [0.15, 0.2) is 0 Å². The number of hydrogen-bond donors (Lipinski definition) is 1. The Labute approximate surface area is 153 Å². The van der Waals surface area contributed by atoms with Crippen LogP contribution in [0.5, 0.6) is 0 Å². The maximum absolute atomic E-state index is 12.7. The number of imide groups is 1. The van der Waals surface area contributed by atoms with Crippen molar-refractivity contribution in [3.8, 4) is 0 Å². The summed E-state index contributed by atoms with van der Waals surface area (Å²) in [5.74, 6) is -1.17. The molecule has 0 fully saturated rings. The molecule has 0 saturated carbocycles. The topological polar surface area (TPSA) is 127 Å². The van der Waals surface area contributed by atoms with Gasteiger partial charge < -0.3 is 0 Å². The molecule has 0 bridgehead atoms. The van der Waals surface area contributed by atoms with Gasteiger partial charge in [0, 0.05) is 17.2 Å². The fourth-order valence-corrected chi connectivity index (χ4v) is 3.91. The van der Waals surface area contributed by atoms with E-state index in [4.69, 9.17) is 11.6 Å². The molecule has 0 saturated heterocycles. The number of hydrogen-bond acceptors (Lipinski definition) is 6. The van der Waals surface area contributed by atoms with E-state index >= 15 is 0 Å². The minimum atomic E-state index is -3.78. The van der Waals surface area contributed by atoms with E-state index in [1.807, 2.05) is 0 Å². The van der Waals surface area contributed by atoms with E-state index in [9.17, 15) is 28.1 Å². The number of nitrogens with one attached hydrogen (secondary N) is 1. The SMILES string of the molecule is CS(=O)(=O)Nc1cc(Cl)c([N+](=O)[O-])cc1N1C(=O)C2=C(CCCC2)C1=O.